The van der Waals surface area contributed by atoms with Crippen molar-refractivity contribution in [2.24, 2.45) is 5.92 Å². The number of nitrogens with one attached hydrogen (secondary N) is 1. The molecule has 0 radical (unpaired) electrons. The van der Waals surface area contributed by atoms with Crippen molar-refractivity contribution in [2.45, 2.75) is 39.5 Å². The number of rotatable bonds is 8. The van der Waals surface area contributed by atoms with Gasteiger partial charge in [-0.3, -0.25) is 0 Å². The summed E-state index contributed by atoms with van der Waals surface area (Å²) in [5, 5.41) is 3.44. The number of hydrogen-bond acceptors (Lipinski definition) is 4. The van der Waals surface area contributed by atoms with Crippen LogP contribution in [0.25, 0.3) is 0 Å². The number of anilines is 1. The molecule has 0 aliphatic carbocycles. The van der Waals surface area contributed by atoms with E-state index in [1.807, 2.05) is 18.3 Å². The molecule has 1 saturated heterocycles. The van der Waals surface area contributed by atoms with Gasteiger partial charge in [0.1, 0.15) is 0 Å². The van der Waals surface area contributed by atoms with Crippen LogP contribution in [-0.4, -0.2) is 37.8 Å². The van der Waals surface area contributed by atoms with Gasteiger partial charge < -0.3 is 15.0 Å². The Labute approximate surface area is 128 Å². The van der Waals surface area contributed by atoms with E-state index in [4.69, 9.17) is 4.74 Å². The molecule has 118 valence electrons. The Morgan fingerprint density at radius 3 is 2.81 bits per heavy atom. The first-order valence-electron chi connectivity index (χ1n) is 8.38. The van der Waals surface area contributed by atoms with Crippen molar-refractivity contribution >= 4 is 5.82 Å². The van der Waals surface area contributed by atoms with Crippen LogP contribution in [0.3, 0.4) is 0 Å². The first-order chi connectivity index (χ1) is 10.3. The van der Waals surface area contributed by atoms with Crippen molar-refractivity contribution in [2.75, 3.05) is 37.7 Å². The van der Waals surface area contributed by atoms with E-state index < -0.39 is 0 Å². The van der Waals surface area contributed by atoms with Crippen molar-refractivity contribution in [1.82, 2.24) is 10.3 Å². The van der Waals surface area contributed by atoms with Gasteiger partial charge in [0.15, 0.2) is 11.6 Å². The fraction of sp³-hybridized carbons (Fsp3) is 0.706. The third kappa shape index (κ3) is 4.88. The van der Waals surface area contributed by atoms with E-state index >= 15 is 0 Å². The molecule has 0 spiro atoms. The second-order valence-corrected chi connectivity index (χ2v) is 5.81. The van der Waals surface area contributed by atoms with Gasteiger partial charge in [0.2, 0.25) is 0 Å². The van der Waals surface area contributed by atoms with E-state index in [2.05, 4.69) is 29.0 Å². The number of piperidine rings is 1. The summed E-state index contributed by atoms with van der Waals surface area (Å²) in [7, 11) is 0. The van der Waals surface area contributed by atoms with Crippen LogP contribution >= 0.6 is 0 Å². The number of aromatic nitrogens is 1. The Bertz CT molecular complexity index is 405. The maximum atomic E-state index is 5.89. The molecule has 2 heterocycles. The molecule has 1 aromatic heterocycles. The summed E-state index contributed by atoms with van der Waals surface area (Å²) >= 11 is 0. The first kappa shape index (κ1) is 16.1. The highest BCUT2D eigenvalue weighted by Gasteiger charge is 2.20. The molecule has 4 nitrogen and oxygen atoms in total. The van der Waals surface area contributed by atoms with Crippen molar-refractivity contribution in [3.05, 3.63) is 18.3 Å². The lowest BCUT2D eigenvalue weighted by Crippen LogP contribution is -2.37. The van der Waals surface area contributed by atoms with E-state index in [1.54, 1.807) is 0 Å². The zero-order chi connectivity index (χ0) is 14.9. The van der Waals surface area contributed by atoms with E-state index in [-0.39, 0.29) is 0 Å². The fourth-order valence-electron chi connectivity index (χ4n) is 2.87. The summed E-state index contributed by atoms with van der Waals surface area (Å²) in [5.41, 5.74) is 0. The zero-order valence-electron chi connectivity index (χ0n) is 13.5. The highest BCUT2D eigenvalue weighted by Crippen LogP contribution is 2.27. The van der Waals surface area contributed by atoms with Crippen LogP contribution in [0.5, 0.6) is 5.75 Å². The number of hydrogen-bond donors (Lipinski definition) is 1. The van der Waals surface area contributed by atoms with Gasteiger partial charge in [0, 0.05) is 19.3 Å². The molecule has 0 atom stereocenters. The molecular formula is C17H29N3O. The average molecular weight is 291 g/mol. The predicted octanol–water partition coefficient (Wildman–Crippen LogP) is 3.09. The minimum atomic E-state index is 0.756. The standard InChI is InChI=1S/C17H29N3O/c1-3-12-20(14-15-7-10-18-11-8-15)17-16(21-13-4-2)6-5-9-19-17/h5-6,9,15,18H,3-4,7-8,10-14H2,1-2H3. The maximum absolute atomic E-state index is 5.89. The van der Waals surface area contributed by atoms with Gasteiger partial charge in [-0.05, 0) is 56.8 Å². The highest BCUT2D eigenvalue weighted by molar-refractivity contribution is 5.52. The van der Waals surface area contributed by atoms with E-state index in [1.165, 1.54) is 12.8 Å². The second-order valence-electron chi connectivity index (χ2n) is 5.81. The van der Waals surface area contributed by atoms with Crippen LogP contribution in [-0.2, 0) is 0 Å². The molecule has 1 fully saturated rings. The average Bonchev–Trinajstić information content (AvgIpc) is 2.54. The number of nitrogens with zero attached hydrogens (tertiary/aromatic N) is 2. The second kappa shape index (κ2) is 8.88. The van der Waals surface area contributed by atoms with Gasteiger partial charge in [-0.15, -0.1) is 0 Å². The summed E-state index contributed by atoms with van der Waals surface area (Å²) in [6.45, 7) is 9.54. The quantitative estimate of drug-likeness (QED) is 0.798. The summed E-state index contributed by atoms with van der Waals surface area (Å²) in [6, 6.07) is 4.01. The molecule has 0 amide bonds. The van der Waals surface area contributed by atoms with Crippen LogP contribution in [0.4, 0.5) is 5.82 Å². The van der Waals surface area contributed by atoms with E-state index in [0.29, 0.717) is 0 Å². The monoisotopic (exact) mass is 291 g/mol. The topological polar surface area (TPSA) is 37.4 Å². The molecule has 1 N–H and O–H groups in total. The Hall–Kier alpha value is -1.29. The van der Waals surface area contributed by atoms with Crippen molar-refractivity contribution in [3.63, 3.8) is 0 Å². The summed E-state index contributed by atoms with van der Waals surface area (Å²) in [5.74, 6) is 2.71. The third-order valence-electron chi connectivity index (χ3n) is 3.94. The van der Waals surface area contributed by atoms with Gasteiger partial charge in [-0.2, -0.15) is 0 Å². The molecular weight excluding hydrogens is 262 g/mol. The fourth-order valence-corrected chi connectivity index (χ4v) is 2.87. The Morgan fingerprint density at radius 2 is 2.10 bits per heavy atom. The van der Waals surface area contributed by atoms with E-state index in [0.717, 1.165) is 63.1 Å². The first-order valence-corrected chi connectivity index (χ1v) is 8.38. The Kier molecular flexibility index (Phi) is 6.80. The van der Waals surface area contributed by atoms with Crippen molar-refractivity contribution in [3.8, 4) is 5.75 Å². The zero-order valence-corrected chi connectivity index (χ0v) is 13.5. The lowest BCUT2D eigenvalue weighted by Gasteiger charge is -2.31. The van der Waals surface area contributed by atoms with Crippen molar-refractivity contribution < 1.29 is 4.74 Å². The minimum Gasteiger partial charge on any atom is -0.490 e. The molecule has 1 aromatic rings. The van der Waals surface area contributed by atoms with Crippen molar-refractivity contribution in [1.29, 1.82) is 0 Å². The van der Waals surface area contributed by atoms with Crippen LogP contribution in [0.1, 0.15) is 39.5 Å². The molecule has 0 unspecified atom stereocenters. The molecule has 0 aromatic carbocycles. The molecule has 4 heteroatoms. The SMILES string of the molecule is CCCOc1cccnc1N(CCC)CC1CCNCC1. The van der Waals surface area contributed by atoms with E-state index in [9.17, 15) is 0 Å². The van der Waals surface area contributed by atoms with Crippen LogP contribution in [0, 0.1) is 5.92 Å². The molecule has 0 bridgehead atoms. The number of pyridine rings is 1. The van der Waals surface area contributed by atoms with Crippen LogP contribution in [0.2, 0.25) is 0 Å². The molecule has 1 aliphatic rings. The van der Waals surface area contributed by atoms with Gasteiger partial charge >= 0.3 is 0 Å². The molecule has 1 aliphatic heterocycles. The Morgan fingerprint density at radius 1 is 1.29 bits per heavy atom. The lowest BCUT2D eigenvalue weighted by atomic mass is 9.97. The summed E-state index contributed by atoms with van der Waals surface area (Å²) in [4.78, 5) is 7.02. The summed E-state index contributed by atoms with van der Waals surface area (Å²) < 4.78 is 5.89. The largest absolute Gasteiger partial charge is 0.490 e. The van der Waals surface area contributed by atoms with Crippen LogP contribution in [0.15, 0.2) is 18.3 Å². The summed E-state index contributed by atoms with van der Waals surface area (Å²) in [6.07, 6.45) is 6.56. The smallest absolute Gasteiger partial charge is 0.171 e. The van der Waals surface area contributed by atoms with Gasteiger partial charge in [-0.25, -0.2) is 4.98 Å². The van der Waals surface area contributed by atoms with Gasteiger partial charge in [-0.1, -0.05) is 13.8 Å². The molecule has 0 saturated carbocycles. The molecule has 2 rings (SSSR count). The predicted molar refractivity (Wildman–Crippen MR) is 88.1 cm³/mol. The van der Waals surface area contributed by atoms with Gasteiger partial charge in [0.25, 0.3) is 0 Å². The maximum Gasteiger partial charge on any atom is 0.171 e. The minimum absolute atomic E-state index is 0.756. The van der Waals surface area contributed by atoms with Crippen LogP contribution < -0.4 is 15.0 Å². The number of ether oxygens (including phenoxy) is 1. The third-order valence-corrected chi connectivity index (χ3v) is 3.94. The normalized spacial score (nSPS) is 15.9. The van der Waals surface area contributed by atoms with Gasteiger partial charge in [0.05, 0.1) is 6.61 Å². The highest BCUT2D eigenvalue weighted by atomic mass is 16.5. The lowest BCUT2D eigenvalue weighted by molar-refractivity contribution is 0.314. The molecule has 21 heavy (non-hydrogen) atoms. The Balaban J connectivity index is 2.08.